The Hall–Kier alpha value is -3.68. The number of ether oxygens (including phenoxy) is 2. The SMILES string of the molecule is COc1ccc(OC)c(C(=O)N2CCN(Cc3cnc[nH]3)c3ccc(-c4ccccc4)cc3C2)c1.Cl.Cl. The van der Waals surface area contributed by atoms with Gasteiger partial charge < -0.3 is 24.3 Å². The molecule has 1 N–H and O–H groups in total. The van der Waals surface area contributed by atoms with Crippen LogP contribution in [0.3, 0.4) is 0 Å². The van der Waals surface area contributed by atoms with Crippen molar-refractivity contribution in [3.05, 3.63) is 96.1 Å². The first kappa shape index (κ1) is 27.9. The van der Waals surface area contributed by atoms with Crippen molar-refractivity contribution in [1.82, 2.24) is 14.9 Å². The van der Waals surface area contributed by atoms with Crippen LogP contribution in [0.4, 0.5) is 5.69 Å². The number of benzene rings is 3. The number of hydrogen-bond acceptors (Lipinski definition) is 5. The zero-order valence-electron chi connectivity index (χ0n) is 20.7. The minimum absolute atomic E-state index is 0. The number of aromatic nitrogens is 2. The Bertz CT molecular complexity index is 1320. The highest BCUT2D eigenvalue weighted by Crippen LogP contribution is 2.33. The number of nitrogens with zero attached hydrogens (tertiary/aromatic N) is 3. The molecule has 0 spiro atoms. The molecule has 7 nitrogen and oxygen atoms in total. The summed E-state index contributed by atoms with van der Waals surface area (Å²) in [7, 11) is 3.17. The molecule has 9 heteroatoms. The highest BCUT2D eigenvalue weighted by molar-refractivity contribution is 5.97. The number of methoxy groups -OCH3 is 2. The van der Waals surface area contributed by atoms with Crippen molar-refractivity contribution in [2.75, 3.05) is 32.2 Å². The number of carbonyl (C=O) groups excluding carboxylic acids is 1. The summed E-state index contributed by atoms with van der Waals surface area (Å²) in [5.74, 6) is 1.07. The van der Waals surface area contributed by atoms with E-state index in [0.717, 1.165) is 28.1 Å². The van der Waals surface area contributed by atoms with Crippen LogP contribution in [0.15, 0.2) is 79.3 Å². The lowest BCUT2D eigenvalue weighted by atomic mass is 10.0. The first-order valence-corrected chi connectivity index (χ1v) is 11.6. The predicted molar refractivity (Wildman–Crippen MR) is 150 cm³/mol. The summed E-state index contributed by atoms with van der Waals surface area (Å²) in [4.78, 5) is 25.3. The number of halogens is 2. The number of rotatable bonds is 6. The van der Waals surface area contributed by atoms with E-state index in [0.29, 0.717) is 43.2 Å². The molecule has 1 aliphatic rings. The van der Waals surface area contributed by atoms with Crippen LogP contribution in [0.1, 0.15) is 21.6 Å². The number of nitrogens with one attached hydrogen (secondary N) is 1. The molecule has 0 saturated carbocycles. The van der Waals surface area contributed by atoms with E-state index in [9.17, 15) is 4.79 Å². The number of aromatic amines is 1. The van der Waals surface area contributed by atoms with E-state index in [2.05, 4.69) is 45.2 Å². The molecule has 0 saturated heterocycles. The Morgan fingerprint density at radius 2 is 1.76 bits per heavy atom. The van der Waals surface area contributed by atoms with Gasteiger partial charge in [-0.25, -0.2) is 4.98 Å². The first-order chi connectivity index (χ1) is 17.2. The molecule has 0 bridgehead atoms. The van der Waals surface area contributed by atoms with Gasteiger partial charge in [-0.2, -0.15) is 0 Å². The molecule has 194 valence electrons. The van der Waals surface area contributed by atoms with Crippen LogP contribution in [0.25, 0.3) is 11.1 Å². The number of fused-ring (bicyclic) bond motifs is 1. The average Bonchev–Trinajstić information content (AvgIpc) is 3.36. The smallest absolute Gasteiger partial charge is 0.258 e. The number of hydrogen-bond donors (Lipinski definition) is 1. The second-order valence-corrected chi connectivity index (χ2v) is 8.50. The number of amides is 1. The van der Waals surface area contributed by atoms with E-state index in [-0.39, 0.29) is 30.7 Å². The van der Waals surface area contributed by atoms with Crippen LogP contribution in [-0.2, 0) is 13.1 Å². The van der Waals surface area contributed by atoms with Gasteiger partial charge in [0.05, 0.1) is 38.3 Å². The summed E-state index contributed by atoms with van der Waals surface area (Å²) in [5.41, 5.74) is 6.00. The lowest BCUT2D eigenvalue weighted by molar-refractivity contribution is 0.0747. The van der Waals surface area contributed by atoms with Crippen LogP contribution in [0, 0.1) is 0 Å². The van der Waals surface area contributed by atoms with E-state index in [4.69, 9.17) is 9.47 Å². The van der Waals surface area contributed by atoms with Gasteiger partial charge in [-0.05, 0) is 47.0 Å². The second-order valence-electron chi connectivity index (χ2n) is 8.50. The molecule has 0 fully saturated rings. The van der Waals surface area contributed by atoms with E-state index < -0.39 is 0 Å². The van der Waals surface area contributed by atoms with Gasteiger partial charge >= 0.3 is 0 Å². The van der Waals surface area contributed by atoms with Crippen molar-refractivity contribution in [3.63, 3.8) is 0 Å². The fourth-order valence-electron chi connectivity index (χ4n) is 4.54. The van der Waals surface area contributed by atoms with E-state index in [1.165, 1.54) is 0 Å². The van der Waals surface area contributed by atoms with Gasteiger partial charge in [-0.15, -0.1) is 24.8 Å². The first-order valence-electron chi connectivity index (χ1n) is 11.6. The number of carbonyl (C=O) groups is 1. The highest BCUT2D eigenvalue weighted by Gasteiger charge is 2.26. The van der Waals surface area contributed by atoms with E-state index in [1.807, 2.05) is 29.3 Å². The van der Waals surface area contributed by atoms with Crippen LogP contribution in [-0.4, -0.2) is 48.1 Å². The molecule has 1 aromatic heterocycles. The topological polar surface area (TPSA) is 70.7 Å². The van der Waals surface area contributed by atoms with Gasteiger partial charge in [0.2, 0.25) is 0 Å². The van der Waals surface area contributed by atoms with E-state index >= 15 is 0 Å². The summed E-state index contributed by atoms with van der Waals surface area (Å²) < 4.78 is 10.9. The molecule has 1 aliphatic heterocycles. The van der Waals surface area contributed by atoms with Crippen molar-refractivity contribution >= 4 is 36.4 Å². The van der Waals surface area contributed by atoms with Crippen molar-refractivity contribution < 1.29 is 14.3 Å². The van der Waals surface area contributed by atoms with Crippen molar-refractivity contribution in [2.45, 2.75) is 13.1 Å². The Balaban J connectivity index is 0.00000190. The lowest BCUT2D eigenvalue weighted by Crippen LogP contribution is -2.35. The van der Waals surface area contributed by atoms with Crippen LogP contribution in [0.2, 0.25) is 0 Å². The molecule has 3 aromatic carbocycles. The number of imidazole rings is 1. The maximum atomic E-state index is 13.7. The maximum absolute atomic E-state index is 13.7. The molecule has 1 amide bonds. The van der Waals surface area contributed by atoms with Crippen LogP contribution >= 0.6 is 24.8 Å². The third-order valence-corrected chi connectivity index (χ3v) is 6.37. The number of H-pyrrole nitrogens is 1. The summed E-state index contributed by atoms with van der Waals surface area (Å²) in [5, 5.41) is 0. The normalized spacial score (nSPS) is 12.5. The second kappa shape index (κ2) is 12.5. The summed E-state index contributed by atoms with van der Waals surface area (Å²) in [6, 6.07) is 22.1. The Morgan fingerprint density at radius 1 is 0.946 bits per heavy atom. The molecule has 0 atom stereocenters. The maximum Gasteiger partial charge on any atom is 0.258 e. The van der Waals surface area contributed by atoms with Gasteiger partial charge in [0.25, 0.3) is 5.91 Å². The van der Waals surface area contributed by atoms with Gasteiger partial charge in [-0.1, -0.05) is 36.4 Å². The molecule has 0 unspecified atom stereocenters. The number of anilines is 1. The van der Waals surface area contributed by atoms with Crippen molar-refractivity contribution in [3.8, 4) is 22.6 Å². The van der Waals surface area contributed by atoms with Gasteiger partial charge in [0.15, 0.2) is 0 Å². The molecule has 37 heavy (non-hydrogen) atoms. The van der Waals surface area contributed by atoms with Crippen LogP contribution in [0.5, 0.6) is 11.5 Å². The van der Waals surface area contributed by atoms with Gasteiger partial charge in [-0.3, -0.25) is 4.79 Å². The summed E-state index contributed by atoms with van der Waals surface area (Å²) in [6.45, 7) is 2.44. The molecule has 5 rings (SSSR count). The fraction of sp³-hybridized carbons (Fsp3) is 0.214. The standard InChI is InChI=1S/C28H28N4O3.2ClH/c1-34-24-9-11-27(35-2)25(15-24)28(33)32-13-12-31(18-23-16-29-19-30-23)26-10-8-21(14-22(26)17-32)20-6-4-3-5-7-20;;/h3-11,14-16,19H,12-13,17-18H2,1-2H3,(H,29,30);2*1H. The summed E-state index contributed by atoms with van der Waals surface area (Å²) >= 11 is 0. The van der Waals surface area contributed by atoms with E-state index in [1.54, 1.807) is 38.7 Å². The molecule has 4 aromatic rings. The fourth-order valence-corrected chi connectivity index (χ4v) is 4.54. The molecular formula is C28H30Cl2N4O3. The largest absolute Gasteiger partial charge is 0.497 e. The third-order valence-electron chi connectivity index (χ3n) is 6.37. The zero-order chi connectivity index (χ0) is 24.2. The molecular weight excluding hydrogens is 511 g/mol. The zero-order valence-corrected chi connectivity index (χ0v) is 22.3. The van der Waals surface area contributed by atoms with Gasteiger partial charge in [0, 0.05) is 31.5 Å². The average molecular weight is 541 g/mol. The predicted octanol–water partition coefficient (Wildman–Crippen LogP) is 5.60. The Labute approximate surface area is 229 Å². The molecule has 0 radical (unpaired) electrons. The van der Waals surface area contributed by atoms with Crippen molar-refractivity contribution in [1.29, 1.82) is 0 Å². The summed E-state index contributed by atoms with van der Waals surface area (Å²) in [6.07, 6.45) is 3.53. The minimum Gasteiger partial charge on any atom is -0.497 e. The Morgan fingerprint density at radius 3 is 2.46 bits per heavy atom. The third kappa shape index (κ3) is 6.01. The monoisotopic (exact) mass is 540 g/mol. The molecule has 2 heterocycles. The highest BCUT2D eigenvalue weighted by atomic mass is 35.5. The molecule has 0 aliphatic carbocycles. The quantitative estimate of drug-likeness (QED) is 0.344. The lowest BCUT2D eigenvalue weighted by Gasteiger charge is -2.24. The van der Waals surface area contributed by atoms with Crippen LogP contribution < -0.4 is 14.4 Å². The Kier molecular flexibility index (Phi) is 9.44. The van der Waals surface area contributed by atoms with Gasteiger partial charge in [0.1, 0.15) is 11.5 Å². The van der Waals surface area contributed by atoms with Crippen molar-refractivity contribution in [2.24, 2.45) is 0 Å². The minimum atomic E-state index is -0.0831.